The van der Waals surface area contributed by atoms with Crippen LogP contribution in [0.25, 0.3) is 11.0 Å². The van der Waals surface area contributed by atoms with Gasteiger partial charge in [-0.05, 0) is 25.1 Å². The second-order valence-electron chi connectivity index (χ2n) is 4.58. The fraction of sp³-hybridized carbons (Fsp3) is 0.267. The molecule has 0 aliphatic carbocycles. The van der Waals surface area contributed by atoms with Crippen molar-refractivity contribution in [2.45, 2.75) is 19.5 Å². The summed E-state index contributed by atoms with van der Waals surface area (Å²) < 4.78 is 7.83. The minimum absolute atomic E-state index is 0.776. The molecule has 1 aromatic carbocycles. The van der Waals surface area contributed by atoms with Gasteiger partial charge in [0, 0.05) is 24.3 Å². The van der Waals surface area contributed by atoms with Gasteiger partial charge in [0.2, 0.25) is 0 Å². The van der Waals surface area contributed by atoms with Crippen LogP contribution in [0.15, 0.2) is 53.5 Å². The van der Waals surface area contributed by atoms with Crippen LogP contribution in [-0.2, 0) is 13.1 Å². The second kappa shape index (κ2) is 5.71. The number of rotatable bonds is 6. The molecule has 0 radical (unpaired) electrons. The third-order valence-corrected chi connectivity index (χ3v) is 3.10. The number of imidazole rings is 1. The van der Waals surface area contributed by atoms with Crippen molar-refractivity contribution in [3.8, 4) is 0 Å². The number of benzene rings is 1. The molecule has 0 bridgehead atoms. The Hall–Kier alpha value is -2.07. The van der Waals surface area contributed by atoms with Gasteiger partial charge in [0.25, 0.3) is 0 Å². The van der Waals surface area contributed by atoms with E-state index < -0.39 is 0 Å². The number of furan rings is 1. The van der Waals surface area contributed by atoms with Gasteiger partial charge in [-0.3, -0.25) is 0 Å². The van der Waals surface area contributed by atoms with E-state index in [1.165, 1.54) is 0 Å². The number of nitrogens with zero attached hydrogens (tertiary/aromatic N) is 2. The minimum Gasteiger partial charge on any atom is -0.460 e. The molecule has 19 heavy (non-hydrogen) atoms. The number of aryl methyl sites for hydroxylation is 1. The molecule has 0 saturated carbocycles. The summed E-state index contributed by atoms with van der Waals surface area (Å²) in [6, 6.07) is 10.2. The van der Waals surface area contributed by atoms with Gasteiger partial charge in [-0.1, -0.05) is 18.2 Å². The lowest BCUT2D eigenvalue weighted by Crippen LogP contribution is -2.15. The molecule has 0 unspecified atom stereocenters. The molecule has 0 amide bonds. The van der Waals surface area contributed by atoms with Crippen molar-refractivity contribution < 1.29 is 4.42 Å². The van der Waals surface area contributed by atoms with Crippen molar-refractivity contribution in [2.75, 3.05) is 6.54 Å². The second-order valence-corrected chi connectivity index (χ2v) is 4.58. The van der Waals surface area contributed by atoms with Crippen molar-refractivity contribution in [3.05, 3.63) is 54.8 Å². The van der Waals surface area contributed by atoms with Crippen LogP contribution in [0.5, 0.6) is 0 Å². The fourth-order valence-electron chi connectivity index (χ4n) is 2.14. The molecule has 2 heterocycles. The quantitative estimate of drug-likeness (QED) is 0.689. The molecule has 1 N–H and O–H groups in total. The Kier molecular flexibility index (Phi) is 3.61. The largest absolute Gasteiger partial charge is 0.460 e. The van der Waals surface area contributed by atoms with Crippen molar-refractivity contribution >= 4 is 11.0 Å². The lowest BCUT2D eigenvalue weighted by molar-refractivity contribution is 0.501. The summed E-state index contributed by atoms with van der Waals surface area (Å²) >= 11 is 0. The maximum Gasteiger partial charge on any atom is 0.134 e. The average Bonchev–Trinajstić information content (AvgIpc) is 3.06. The Bertz CT molecular complexity index is 595. The van der Waals surface area contributed by atoms with Crippen LogP contribution in [0.4, 0.5) is 0 Å². The summed E-state index contributed by atoms with van der Waals surface area (Å²) in [7, 11) is 0. The van der Waals surface area contributed by atoms with Crippen molar-refractivity contribution in [2.24, 2.45) is 0 Å². The van der Waals surface area contributed by atoms with E-state index in [1.807, 2.05) is 36.9 Å². The summed E-state index contributed by atoms with van der Waals surface area (Å²) in [6.45, 7) is 2.74. The van der Waals surface area contributed by atoms with Gasteiger partial charge in [-0.25, -0.2) is 4.98 Å². The predicted octanol–water partition coefficient (Wildman–Crippen LogP) is 2.81. The number of para-hydroxylation sites is 1. The molecule has 0 fully saturated rings. The van der Waals surface area contributed by atoms with Crippen molar-refractivity contribution in [1.82, 2.24) is 14.9 Å². The van der Waals surface area contributed by atoms with E-state index in [2.05, 4.69) is 27.0 Å². The average molecular weight is 255 g/mol. The topological polar surface area (TPSA) is 43.0 Å². The van der Waals surface area contributed by atoms with Crippen LogP contribution in [0.1, 0.15) is 12.2 Å². The summed E-state index contributed by atoms with van der Waals surface area (Å²) in [5.41, 5.74) is 0.956. The van der Waals surface area contributed by atoms with E-state index >= 15 is 0 Å². The van der Waals surface area contributed by atoms with E-state index in [0.29, 0.717) is 0 Å². The Morgan fingerprint density at radius 2 is 2.21 bits per heavy atom. The molecule has 0 aliphatic heterocycles. The van der Waals surface area contributed by atoms with Crippen molar-refractivity contribution in [1.29, 1.82) is 0 Å². The van der Waals surface area contributed by atoms with Gasteiger partial charge < -0.3 is 14.3 Å². The molecule has 0 atom stereocenters. The van der Waals surface area contributed by atoms with Gasteiger partial charge in [0.1, 0.15) is 11.3 Å². The zero-order chi connectivity index (χ0) is 12.9. The SMILES string of the molecule is c1ccc2oc(CNCCCn3ccnc3)cc2c1. The van der Waals surface area contributed by atoms with Crippen molar-refractivity contribution in [3.63, 3.8) is 0 Å². The fourth-order valence-corrected chi connectivity index (χ4v) is 2.14. The smallest absolute Gasteiger partial charge is 0.134 e. The molecule has 98 valence electrons. The lowest BCUT2D eigenvalue weighted by atomic mass is 10.2. The zero-order valence-corrected chi connectivity index (χ0v) is 10.7. The lowest BCUT2D eigenvalue weighted by Gasteiger charge is -2.03. The molecule has 0 aliphatic rings. The summed E-state index contributed by atoms with van der Waals surface area (Å²) in [5.74, 6) is 0.990. The van der Waals surface area contributed by atoms with Crippen LogP contribution in [0.3, 0.4) is 0 Å². The summed E-state index contributed by atoms with van der Waals surface area (Å²) in [5, 5.41) is 4.56. The van der Waals surface area contributed by atoms with E-state index in [0.717, 1.165) is 42.8 Å². The van der Waals surface area contributed by atoms with Crippen LogP contribution in [-0.4, -0.2) is 16.1 Å². The van der Waals surface area contributed by atoms with Gasteiger partial charge in [-0.2, -0.15) is 0 Å². The van der Waals surface area contributed by atoms with Crippen LogP contribution in [0.2, 0.25) is 0 Å². The van der Waals surface area contributed by atoms with E-state index in [9.17, 15) is 0 Å². The highest BCUT2D eigenvalue weighted by Gasteiger charge is 2.01. The molecule has 3 rings (SSSR count). The molecule has 0 spiro atoms. The summed E-state index contributed by atoms with van der Waals surface area (Å²) in [6.07, 6.45) is 6.72. The number of nitrogens with one attached hydrogen (secondary N) is 1. The van der Waals surface area contributed by atoms with Gasteiger partial charge in [0.15, 0.2) is 0 Å². The third-order valence-electron chi connectivity index (χ3n) is 3.10. The van der Waals surface area contributed by atoms with E-state index in [4.69, 9.17) is 4.42 Å². The molecular formula is C15H17N3O. The first-order chi connectivity index (χ1) is 9.42. The number of aromatic nitrogens is 2. The zero-order valence-electron chi connectivity index (χ0n) is 10.7. The maximum atomic E-state index is 5.74. The molecular weight excluding hydrogens is 238 g/mol. The highest BCUT2D eigenvalue weighted by Crippen LogP contribution is 2.18. The van der Waals surface area contributed by atoms with Gasteiger partial charge >= 0.3 is 0 Å². The molecule has 4 heteroatoms. The van der Waals surface area contributed by atoms with E-state index in [-0.39, 0.29) is 0 Å². The van der Waals surface area contributed by atoms with Crippen LogP contribution < -0.4 is 5.32 Å². The van der Waals surface area contributed by atoms with Gasteiger partial charge in [0.05, 0.1) is 12.9 Å². The molecule has 0 saturated heterocycles. The first-order valence-corrected chi connectivity index (χ1v) is 6.56. The predicted molar refractivity (Wildman–Crippen MR) is 74.8 cm³/mol. The highest BCUT2D eigenvalue weighted by molar-refractivity contribution is 5.77. The number of fused-ring (bicyclic) bond motifs is 1. The molecule has 3 aromatic rings. The Balaban J connectivity index is 1.44. The summed E-state index contributed by atoms with van der Waals surface area (Å²) in [4.78, 5) is 4.02. The van der Waals surface area contributed by atoms with Crippen LogP contribution in [0, 0.1) is 0 Å². The van der Waals surface area contributed by atoms with Gasteiger partial charge in [-0.15, -0.1) is 0 Å². The standard InChI is InChI=1S/C15H17N3O/c1-2-5-15-13(4-1)10-14(19-15)11-16-6-3-8-18-9-7-17-12-18/h1-2,4-5,7,9-10,12,16H,3,6,8,11H2. The normalized spacial score (nSPS) is 11.2. The Labute approximate surface area is 112 Å². The molecule has 4 nitrogen and oxygen atoms in total. The Morgan fingerprint density at radius 3 is 3.05 bits per heavy atom. The number of hydrogen-bond acceptors (Lipinski definition) is 3. The Morgan fingerprint density at radius 1 is 1.26 bits per heavy atom. The monoisotopic (exact) mass is 255 g/mol. The minimum atomic E-state index is 0.776. The van der Waals surface area contributed by atoms with E-state index in [1.54, 1.807) is 0 Å². The maximum absolute atomic E-state index is 5.74. The first kappa shape index (κ1) is 12.0. The van der Waals surface area contributed by atoms with Crippen LogP contribution >= 0.6 is 0 Å². The highest BCUT2D eigenvalue weighted by atomic mass is 16.3. The molecule has 2 aromatic heterocycles. The third kappa shape index (κ3) is 3.03. The number of hydrogen-bond donors (Lipinski definition) is 1. The first-order valence-electron chi connectivity index (χ1n) is 6.56.